The van der Waals surface area contributed by atoms with Gasteiger partial charge in [0.05, 0.1) is 19.7 Å². The number of esters is 1. The monoisotopic (exact) mass is 384 g/mol. The molecule has 0 saturated heterocycles. The van der Waals surface area contributed by atoms with Gasteiger partial charge in [0.25, 0.3) is 0 Å². The van der Waals surface area contributed by atoms with Gasteiger partial charge in [-0.15, -0.1) is 0 Å². The van der Waals surface area contributed by atoms with E-state index in [1.165, 1.54) is 26.5 Å². The minimum atomic E-state index is -3.62. The van der Waals surface area contributed by atoms with Crippen LogP contribution in [0.15, 0.2) is 24.8 Å². The molecule has 0 amide bonds. The van der Waals surface area contributed by atoms with Crippen molar-refractivity contribution < 1.29 is 17.9 Å². The van der Waals surface area contributed by atoms with Gasteiger partial charge in [0.15, 0.2) is 0 Å². The molecular weight excluding hydrogens is 360 g/mol. The SMILES string of the molecule is CCOC(=O)Cn1ccnc1CN(C)Cc1nccn1S(=O)(=O)N(C)C. The van der Waals surface area contributed by atoms with Crippen LogP contribution in [-0.4, -0.2) is 69.8 Å². The van der Waals surface area contributed by atoms with E-state index in [4.69, 9.17) is 4.74 Å². The number of hydrogen-bond acceptors (Lipinski definition) is 7. The largest absolute Gasteiger partial charge is 0.465 e. The van der Waals surface area contributed by atoms with Crippen molar-refractivity contribution in [2.75, 3.05) is 27.7 Å². The lowest BCUT2D eigenvalue weighted by Crippen LogP contribution is -2.31. The van der Waals surface area contributed by atoms with Gasteiger partial charge in [-0.2, -0.15) is 12.7 Å². The molecule has 0 aliphatic rings. The Morgan fingerprint density at radius 2 is 1.73 bits per heavy atom. The zero-order chi connectivity index (χ0) is 19.3. The first kappa shape index (κ1) is 20.1. The predicted molar refractivity (Wildman–Crippen MR) is 94.3 cm³/mol. The molecule has 144 valence electrons. The van der Waals surface area contributed by atoms with Crippen LogP contribution >= 0.6 is 0 Å². The van der Waals surface area contributed by atoms with Gasteiger partial charge in [0.1, 0.15) is 18.2 Å². The standard InChI is InChI=1S/C15H24N6O4S/c1-5-25-15(22)12-20-8-6-16-13(20)10-19(4)11-14-17-7-9-21(14)26(23,24)18(2)3/h6-9H,5,10-12H2,1-4H3. The summed E-state index contributed by atoms with van der Waals surface area (Å²) in [5, 5.41) is 0. The number of aromatic nitrogens is 4. The Labute approximate surface area is 153 Å². The van der Waals surface area contributed by atoms with Crippen LogP contribution in [0.4, 0.5) is 0 Å². The van der Waals surface area contributed by atoms with Crippen molar-refractivity contribution in [2.45, 2.75) is 26.6 Å². The predicted octanol–water partition coefficient (Wildman–Crippen LogP) is -0.0708. The topological polar surface area (TPSA) is 103 Å². The van der Waals surface area contributed by atoms with Crippen LogP contribution in [-0.2, 0) is 39.4 Å². The summed E-state index contributed by atoms with van der Waals surface area (Å²) in [4.78, 5) is 21.9. The van der Waals surface area contributed by atoms with E-state index in [0.717, 1.165) is 8.28 Å². The van der Waals surface area contributed by atoms with E-state index >= 15 is 0 Å². The summed E-state index contributed by atoms with van der Waals surface area (Å²) < 4.78 is 33.6. The van der Waals surface area contributed by atoms with E-state index in [9.17, 15) is 13.2 Å². The first-order valence-electron chi connectivity index (χ1n) is 8.05. The summed E-state index contributed by atoms with van der Waals surface area (Å²) in [5.41, 5.74) is 0. The first-order valence-corrected chi connectivity index (χ1v) is 9.44. The van der Waals surface area contributed by atoms with Crippen LogP contribution in [0.2, 0.25) is 0 Å². The lowest BCUT2D eigenvalue weighted by Gasteiger charge is -2.19. The lowest BCUT2D eigenvalue weighted by molar-refractivity contribution is -0.143. The molecule has 0 bridgehead atoms. The Morgan fingerprint density at radius 1 is 1.12 bits per heavy atom. The molecule has 0 fully saturated rings. The highest BCUT2D eigenvalue weighted by Gasteiger charge is 2.21. The van der Waals surface area contributed by atoms with E-state index in [0.29, 0.717) is 31.3 Å². The van der Waals surface area contributed by atoms with Crippen LogP contribution < -0.4 is 0 Å². The van der Waals surface area contributed by atoms with E-state index in [-0.39, 0.29) is 12.5 Å². The summed E-state index contributed by atoms with van der Waals surface area (Å²) in [7, 11) is 1.14. The third kappa shape index (κ3) is 4.68. The molecule has 0 saturated carbocycles. The molecule has 0 N–H and O–H groups in total. The van der Waals surface area contributed by atoms with Crippen molar-refractivity contribution in [3.8, 4) is 0 Å². The molecule has 10 nitrogen and oxygen atoms in total. The highest BCUT2D eigenvalue weighted by Crippen LogP contribution is 2.10. The maximum absolute atomic E-state index is 12.3. The number of imidazole rings is 2. The van der Waals surface area contributed by atoms with Gasteiger partial charge in [-0.05, 0) is 14.0 Å². The molecule has 2 aromatic rings. The number of rotatable bonds is 9. The van der Waals surface area contributed by atoms with Crippen LogP contribution in [0.1, 0.15) is 18.6 Å². The number of ether oxygens (including phenoxy) is 1. The van der Waals surface area contributed by atoms with Crippen molar-refractivity contribution in [1.82, 2.24) is 27.7 Å². The van der Waals surface area contributed by atoms with Crippen LogP contribution in [0.3, 0.4) is 0 Å². The lowest BCUT2D eigenvalue weighted by atomic mass is 10.4. The summed E-state index contributed by atoms with van der Waals surface area (Å²) in [5.74, 6) is 0.737. The van der Waals surface area contributed by atoms with E-state index in [1.54, 1.807) is 23.9 Å². The summed E-state index contributed by atoms with van der Waals surface area (Å²) in [6.07, 6.45) is 6.18. The molecule has 0 atom stereocenters. The Hall–Kier alpha value is -2.24. The van der Waals surface area contributed by atoms with Gasteiger partial charge in [-0.3, -0.25) is 9.69 Å². The molecular formula is C15H24N6O4S. The second-order valence-corrected chi connectivity index (χ2v) is 7.90. The molecule has 0 aliphatic carbocycles. The molecule has 26 heavy (non-hydrogen) atoms. The fourth-order valence-corrected chi connectivity index (χ4v) is 3.27. The van der Waals surface area contributed by atoms with Gasteiger partial charge < -0.3 is 9.30 Å². The zero-order valence-electron chi connectivity index (χ0n) is 15.4. The molecule has 11 heteroatoms. The van der Waals surface area contributed by atoms with Gasteiger partial charge in [-0.25, -0.2) is 13.9 Å². The van der Waals surface area contributed by atoms with E-state index in [2.05, 4.69) is 9.97 Å². The van der Waals surface area contributed by atoms with Crippen LogP contribution in [0.5, 0.6) is 0 Å². The van der Waals surface area contributed by atoms with E-state index < -0.39 is 10.2 Å². The summed E-state index contributed by atoms with van der Waals surface area (Å²) >= 11 is 0. The average Bonchev–Trinajstić information content (AvgIpc) is 3.17. The Morgan fingerprint density at radius 3 is 2.38 bits per heavy atom. The Bertz CT molecular complexity index is 842. The minimum absolute atomic E-state index is 0.0840. The number of nitrogens with zero attached hydrogens (tertiary/aromatic N) is 6. The Kier molecular flexibility index (Phi) is 6.51. The van der Waals surface area contributed by atoms with Crippen molar-refractivity contribution in [1.29, 1.82) is 0 Å². The molecule has 2 heterocycles. The Balaban J connectivity index is 2.08. The first-order chi connectivity index (χ1) is 12.3. The third-order valence-electron chi connectivity index (χ3n) is 3.62. The quantitative estimate of drug-likeness (QED) is 0.558. The smallest absolute Gasteiger partial charge is 0.325 e. The van der Waals surface area contributed by atoms with Gasteiger partial charge in [0, 0.05) is 38.9 Å². The molecule has 0 unspecified atom stereocenters. The molecule has 2 aromatic heterocycles. The van der Waals surface area contributed by atoms with Gasteiger partial charge >= 0.3 is 16.2 Å². The maximum Gasteiger partial charge on any atom is 0.325 e. The summed E-state index contributed by atoms with van der Waals surface area (Å²) in [6.45, 7) is 2.88. The van der Waals surface area contributed by atoms with Crippen molar-refractivity contribution in [3.05, 3.63) is 36.4 Å². The van der Waals surface area contributed by atoms with Crippen molar-refractivity contribution in [3.63, 3.8) is 0 Å². The van der Waals surface area contributed by atoms with Crippen molar-refractivity contribution >= 4 is 16.2 Å². The number of carbonyl (C=O) groups excluding carboxylic acids is 1. The highest BCUT2D eigenvalue weighted by molar-refractivity contribution is 7.87. The van der Waals surface area contributed by atoms with E-state index in [1.807, 2.05) is 11.9 Å². The van der Waals surface area contributed by atoms with Crippen molar-refractivity contribution in [2.24, 2.45) is 0 Å². The van der Waals surface area contributed by atoms with Gasteiger partial charge in [0.2, 0.25) is 0 Å². The van der Waals surface area contributed by atoms with Gasteiger partial charge in [-0.1, -0.05) is 0 Å². The highest BCUT2D eigenvalue weighted by atomic mass is 32.2. The minimum Gasteiger partial charge on any atom is -0.465 e. The maximum atomic E-state index is 12.3. The zero-order valence-corrected chi connectivity index (χ0v) is 16.2. The second-order valence-electron chi connectivity index (χ2n) is 5.88. The normalized spacial score (nSPS) is 12.1. The van der Waals surface area contributed by atoms with Crippen LogP contribution in [0, 0.1) is 0 Å². The number of hydrogen-bond donors (Lipinski definition) is 0. The fraction of sp³-hybridized carbons (Fsp3) is 0.533. The molecule has 0 aliphatic heterocycles. The summed E-state index contributed by atoms with van der Waals surface area (Å²) in [6, 6.07) is 0. The fourth-order valence-electron chi connectivity index (χ4n) is 2.34. The second kappa shape index (κ2) is 8.43. The molecule has 0 aromatic carbocycles. The average molecular weight is 384 g/mol. The number of carbonyl (C=O) groups is 1. The molecule has 2 rings (SSSR count). The third-order valence-corrected chi connectivity index (χ3v) is 5.37. The molecule has 0 spiro atoms. The molecule has 0 radical (unpaired) electrons. The van der Waals surface area contributed by atoms with Crippen LogP contribution in [0.25, 0.3) is 0 Å².